The maximum atomic E-state index is 10.4. The van der Waals surface area contributed by atoms with Crippen LogP contribution in [0.2, 0.25) is 0 Å². The summed E-state index contributed by atoms with van der Waals surface area (Å²) in [7, 11) is 0. The largest absolute Gasteiger partial charge is 0.481 e. The molecule has 1 rings (SSSR count). The Morgan fingerprint density at radius 2 is 1.61 bits per heavy atom. The standard InChI is InChI=1S/C7H6O2.C6H10O3/c8-7(9)6-4-2-1-3-5-6;1-3-5(4(2)7)6(8)9/h1-5H,(H,8,9);5H,3H2,1-2H3,(H,8,9). The van der Waals surface area contributed by atoms with Crippen LogP contribution in [0.3, 0.4) is 0 Å². The second-order valence-corrected chi connectivity index (χ2v) is 3.58. The van der Waals surface area contributed by atoms with Gasteiger partial charge in [0.25, 0.3) is 0 Å². The minimum Gasteiger partial charge on any atom is -0.481 e. The van der Waals surface area contributed by atoms with E-state index >= 15 is 0 Å². The maximum Gasteiger partial charge on any atom is 0.335 e. The molecule has 0 radical (unpaired) electrons. The van der Waals surface area contributed by atoms with E-state index in [1.54, 1.807) is 37.3 Å². The molecule has 18 heavy (non-hydrogen) atoms. The Labute approximate surface area is 105 Å². The number of carbonyl (C=O) groups is 3. The van der Waals surface area contributed by atoms with Crippen LogP contribution in [-0.4, -0.2) is 27.9 Å². The normalized spacial score (nSPS) is 10.8. The Morgan fingerprint density at radius 1 is 1.11 bits per heavy atom. The summed E-state index contributed by atoms with van der Waals surface area (Å²) in [5, 5.41) is 16.7. The number of rotatable bonds is 4. The number of Topliss-reactive ketones (excluding diaryl/α,β-unsaturated/α-hetero) is 1. The first kappa shape index (κ1) is 15.8. The van der Waals surface area contributed by atoms with Gasteiger partial charge >= 0.3 is 11.9 Å². The van der Waals surface area contributed by atoms with Crippen molar-refractivity contribution >= 4 is 17.7 Å². The fraction of sp³-hybridized carbons (Fsp3) is 0.308. The van der Waals surface area contributed by atoms with Crippen LogP contribution in [0.25, 0.3) is 0 Å². The first-order valence-electron chi connectivity index (χ1n) is 5.41. The highest BCUT2D eigenvalue weighted by Gasteiger charge is 2.19. The van der Waals surface area contributed by atoms with Crippen LogP contribution in [0.15, 0.2) is 30.3 Å². The molecule has 0 amide bonds. The monoisotopic (exact) mass is 252 g/mol. The minimum absolute atomic E-state index is 0.273. The third-order valence-corrected chi connectivity index (χ3v) is 2.22. The number of benzene rings is 1. The molecule has 1 aromatic rings. The number of hydrogen-bond acceptors (Lipinski definition) is 3. The predicted octanol–water partition coefficient (Wildman–Crippen LogP) is 2.07. The van der Waals surface area contributed by atoms with Gasteiger partial charge in [0.15, 0.2) is 0 Å². The molecule has 0 bridgehead atoms. The molecule has 2 N–H and O–H groups in total. The quantitative estimate of drug-likeness (QED) is 0.800. The Kier molecular flexibility index (Phi) is 7.04. The molecular formula is C13H16O5. The summed E-state index contributed by atoms with van der Waals surface area (Å²) in [6, 6.07) is 8.30. The van der Waals surface area contributed by atoms with Crippen molar-refractivity contribution in [2.24, 2.45) is 5.92 Å². The van der Waals surface area contributed by atoms with E-state index < -0.39 is 17.9 Å². The van der Waals surface area contributed by atoms with Crippen molar-refractivity contribution in [2.45, 2.75) is 20.3 Å². The molecule has 0 aliphatic heterocycles. The zero-order valence-corrected chi connectivity index (χ0v) is 10.3. The summed E-state index contributed by atoms with van der Waals surface area (Å²) < 4.78 is 0. The summed E-state index contributed by atoms with van der Waals surface area (Å²) in [6.45, 7) is 2.97. The smallest absolute Gasteiger partial charge is 0.335 e. The van der Waals surface area contributed by atoms with Crippen molar-refractivity contribution < 1.29 is 24.6 Å². The van der Waals surface area contributed by atoms with Gasteiger partial charge in [0, 0.05) is 0 Å². The van der Waals surface area contributed by atoms with Gasteiger partial charge in [-0.25, -0.2) is 4.79 Å². The number of carboxylic acids is 2. The van der Waals surface area contributed by atoms with Crippen LogP contribution < -0.4 is 0 Å². The molecule has 1 atom stereocenters. The van der Waals surface area contributed by atoms with E-state index in [-0.39, 0.29) is 5.78 Å². The first-order chi connectivity index (χ1) is 8.40. The van der Waals surface area contributed by atoms with Crippen LogP contribution in [0.5, 0.6) is 0 Å². The lowest BCUT2D eigenvalue weighted by atomic mass is 10.0. The number of ketones is 1. The average Bonchev–Trinajstić information content (AvgIpc) is 2.30. The number of aliphatic carboxylic acids is 1. The molecule has 1 unspecified atom stereocenters. The second-order valence-electron chi connectivity index (χ2n) is 3.58. The zero-order chi connectivity index (χ0) is 14.1. The van der Waals surface area contributed by atoms with Crippen molar-refractivity contribution in [1.29, 1.82) is 0 Å². The molecule has 0 aromatic heterocycles. The van der Waals surface area contributed by atoms with Gasteiger partial charge in [0.1, 0.15) is 11.7 Å². The lowest BCUT2D eigenvalue weighted by Crippen LogP contribution is -2.19. The molecule has 5 nitrogen and oxygen atoms in total. The van der Waals surface area contributed by atoms with Crippen LogP contribution in [0.1, 0.15) is 30.6 Å². The molecule has 0 aliphatic rings. The average molecular weight is 252 g/mol. The van der Waals surface area contributed by atoms with Crippen molar-refractivity contribution in [3.63, 3.8) is 0 Å². The van der Waals surface area contributed by atoms with E-state index in [0.29, 0.717) is 12.0 Å². The van der Waals surface area contributed by atoms with E-state index in [9.17, 15) is 14.4 Å². The molecule has 5 heteroatoms. The van der Waals surface area contributed by atoms with Crippen molar-refractivity contribution in [2.75, 3.05) is 0 Å². The molecule has 0 saturated carbocycles. The summed E-state index contributed by atoms with van der Waals surface area (Å²) in [6.07, 6.45) is 0.380. The second kappa shape index (κ2) is 8.00. The van der Waals surface area contributed by atoms with Crippen LogP contribution in [-0.2, 0) is 9.59 Å². The van der Waals surface area contributed by atoms with Gasteiger partial charge in [-0.05, 0) is 25.5 Å². The number of carboxylic acid groups (broad SMARTS) is 2. The molecule has 98 valence electrons. The van der Waals surface area contributed by atoms with Crippen LogP contribution >= 0.6 is 0 Å². The minimum atomic E-state index is -1.02. The molecule has 1 aromatic carbocycles. The van der Waals surface area contributed by atoms with E-state index in [2.05, 4.69) is 0 Å². The van der Waals surface area contributed by atoms with E-state index in [4.69, 9.17) is 10.2 Å². The van der Waals surface area contributed by atoms with Gasteiger partial charge in [-0.1, -0.05) is 25.1 Å². The topological polar surface area (TPSA) is 91.7 Å². The van der Waals surface area contributed by atoms with Crippen LogP contribution in [0.4, 0.5) is 0 Å². The summed E-state index contributed by atoms with van der Waals surface area (Å²) in [4.78, 5) is 30.8. The van der Waals surface area contributed by atoms with Gasteiger partial charge in [-0.3, -0.25) is 9.59 Å². The highest BCUT2D eigenvalue weighted by molar-refractivity contribution is 5.96. The number of carbonyl (C=O) groups excluding carboxylic acids is 1. The third kappa shape index (κ3) is 5.79. The van der Waals surface area contributed by atoms with E-state index in [1.165, 1.54) is 6.92 Å². The van der Waals surface area contributed by atoms with Gasteiger partial charge in [-0.15, -0.1) is 0 Å². The van der Waals surface area contributed by atoms with E-state index in [0.717, 1.165) is 0 Å². The molecule has 0 spiro atoms. The van der Waals surface area contributed by atoms with Gasteiger partial charge in [-0.2, -0.15) is 0 Å². The van der Waals surface area contributed by atoms with Crippen molar-refractivity contribution in [1.82, 2.24) is 0 Å². The lowest BCUT2D eigenvalue weighted by Gasteiger charge is -2.01. The molecule has 0 heterocycles. The van der Waals surface area contributed by atoms with Gasteiger partial charge in [0.2, 0.25) is 0 Å². The van der Waals surface area contributed by atoms with Crippen LogP contribution in [0, 0.1) is 5.92 Å². The highest BCUT2D eigenvalue weighted by Crippen LogP contribution is 2.02. The van der Waals surface area contributed by atoms with Gasteiger partial charge < -0.3 is 10.2 Å². The molecule has 0 fully saturated rings. The Hall–Kier alpha value is -2.17. The van der Waals surface area contributed by atoms with Gasteiger partial charge in [0.05, 0.1) is 5.56 Å². The predicted molar refractivity (Wildman–Crippen MR) is 65.5 cm³/mol. The molecular weight excluding hydrogens is 236 g/mol. The summed E-state index contributed by atoms with van der Waals surface area (Å²) in [5.74, 6) is -2.98. The Balaban J connectivity index is 0.000000321. The molecule has 0 saturated heterocycles. The zero-order valence-electron chi connectivity index (χ0n) is 10.3. The summed E-state index contributed by atoms with van der Waals surface area (Å²) in [5.41, 5.74) is 0.331. The fourth-order valence-corrected chi connectivity index (χ4v) is 1.22. The lowest BCUT2D eigenvalue weighted by molar-refractivity contribution is -0.145. The Morgan fingerprint density at radius 3 is 1.78 bits per heavy atom. The highest BCUT2D eigenvalue weighted by atomic mass is 16.4. The first-order valence-corrected chi connectivity index (χ1v) is 5.41. The SMILES string of the molecule is CCC(C(C)=O)C(=O)O.O=C(O)c1ccccc1. The Bertz CT molecular complexity index is 397. The van der Waals surface area contributed by atoms with Crippen molar-refractivity contribution in [3.05, 3.63) is 35.9 Å². The molecule has 0 aliphatic carbocycles. The number of aromatic carboxylic acids is 1. The van der Waals surface area contributed by atoms with E-state index in [1.807, 2.05) is 0 Å². The summed E-state index contributed by atoms with van der Waals surface area (Å²) >= 11 is 0. The third-order valence-electron chi connectivity index (χ3n) is 2.22. The number of hydrogen-bond donors (Lipinski definition) is 2. The van der Waals surface area contributed by atoms with Crippen molar-refractivity contribution in [3.8, 4) is 0 Å². The fourth-order valence-electron chi connectivity index (χ4n) is 1.22. The maximum absolute atomic E-state index is 10.4.